The molecular weight excluding hydrogens is 209 g/mol. The van der Waals surface area contributed by atoms with Crippen LogP contribution in [0.3, 0.4) is 0 Å². The highest BCUT2D eigenvalue weighted by Crippen LogP contribution is 2.05. The monoisotopic (exact) mass is 223 g/mol. The van der Waals surface area contributed by atoms with Crippen molar-refractivity contribution in [2.75, 3.05) is 6.54 Å². The molecule has 1 heterocycles. The Morgan fingerprint density at radius 1 is 1.54 bits per heavy atom. The van der Waals surface area contributed by atoms with E-state index in [1.54, 1.807) is 4.68 Å². The van der Waals surface area contributed by atoms with Crippen LogP contribution in [0.2, 0.25) is 0 Å². The molecule has 0 aliphatic heterocycles. The first-order valence-electron chi connectivity index (χ1n) is 3.61. The molecule has 2 N–H and O–H groups in total. The molecule has 0 saturated carbocycles. The summed E-state index contributed by atoms with van der Waals surface area (Å²) in [4.78, 5) is 0. The summed E-state index contributed by atoms with van der Waals surface area (Å²) in [6.07, 6.45) is 5.88. The molecular formula is C8H15Cl2N3. The van der Waals surface area contributed by atoms with Gasteiger partial charge >= 0.3 is 0 Å². The second kappa shape index (κ2) is 6.95. The van der Waals surface area contributed by atoms with Gasteiger partial charge in [-0.15, -0.1) is 24.8 Å². The van der Waals surface area contributed by atoms with E-state index in [1.807, 2.05) is 32.3 Å². The molecule has 0 amide bonds. The van der Waals surface area contributed by atoms with Gasteiger partial charge in [-0.3, -0.25) is 4.68 Å². The van der Waals surface area contributed by atoms with Gasteiger partial charge in [0, 0.05) is 25.4 Å². The molecule has 0 spiro atoms. The first kappa shape index (κ1) is 15.0. The van der Waals surface area contributed by atoms with Crippen LogP contribution in [-0.2, 0) is 7.05 Å². The van der Waals surface area contributed by atoms with Crippen molar-refractivity contribution in [3.05, 3.63) is 23.5 Å². The molecule has 0 aromatic carbocycles. The fourth-order valence-corrected chi connectivity index (χ4v) is 0.977. The molecule has 1 rings (SSSR count). The molecule has 0 bridgehead atoms. The first-order valence-corrected chi connectivity index (χ1v) is 3.61. The van der Waals surface area contributed by atoms with Crippen LogP contribution >= 0.6 is 24.8 Å². The number of rotatable bonds is 2. The highest BCUT2D eigenvalue weighted by molar-refractivity contribution is 5.85. The van der Waals surface area contributed by atoms with E-state index in [0.29, 0.717) is 6.54 Å². The summed E-state index contributed by atoms with van der Waals surface area (Å²) < 4.78 is 1.80. The van der Waals surface area contributed by atoms with E-state index >= 15 is 0 Å². The van der Waals surface area contributed by atoms with E-state index in [4.69, 9.17) is 5.73 Å². The number of halogens is 2. The Labute approximate surface area is 90.8 Å². The van der Waals surface area contributed by atoms with Crippen molar-refractivity contribution in [2.45, 2.75) is 6.92 Å². The van der Waals surface area contributed by atoms with Crippen molar-refractivity contribution in [3.63, 3.8) is 0 Å². The van der Waals surface area contributed by atoms with Gasteiger partial charge < -0.3 is 5.73 Å². The van der Waals surface area contributed by atoms with Crippen LogP contribution in [-0.4, -0.2) is 16.3 Å². The molecule has 0 saturated heterocycles. The third kappa shape index (κ3) is 4.31. The molecule has 0 atom stereocenters. The maximum Gasteiger partial charge on any atom is 0.0665 e. The number of hydrogen-bond donors (Lipinski definition) is 1. The Bertz CT molecular complexity index is 268. The lowest BCUT2D eigenvalue weighted by molar-refractivity contribution is 0.756. The van der Waals surface area contributed by atoms with Crippen molar-refractivity contribution in [1.82, 2.24) is 9.78 Å². The zero-order chi connectivity index (χ0) is 8.27. The minimum atomic E-state index is 0. The van der Waals surface area contributed by atoms with Crippen LogP contribution in [0.4, 0.5) is 0 Å². The molecule has 13 heavy (non-hydrogen) atoms. The summed E-state index contributed by atoms with van der Waals surface area (Å²) in [7, 11) is 1.91. The lowest BCUT2D eigenvalue weighted by atomic mass is 10.2. The molecule has 1 aromatic heterocycles. The van der Waals surface area contributed by atoms with Gasteiger partial charge in [0.25, 0.3) is 0 Å². The Morgan fingerprint density at radius 3 is 2.54 bits per heavy atom. The molecule has 0 fully saturated rings. The van der Waals surface area contributed by atoms with Gasteiger partial charge in [0.1, 0.15) is 0 Å². The van der Waals surface area contributed by atoms with Gasteiger partial charge in [-0.1, -0.05) is 12.2 Å². The van der Waals surface area contributed by atoms with Crippen LogP contribution in [0, 0.1) is 6.92 Å². The van der Waals surface area contributed by atoms with Crippen molar-refractivity contribution in [1.29, 1.82) is 0 Å². The van der Waals surface area contributed by atoms with Crippen molar-refractivity contribution >= 4 is 30.9 Å². The maximum absolute atomic E-state index is 5.32. The van der Waals surface area contributed by atoms with Crippen LogP contribution in [0.5, 0.6) is 0 Å². The van der Waals surface area contributed by atoms with Crippen LogP contribution in [0.1, 0.15) is 11.3 Å². The van der Waals surface area contributed by atoms with Crippen molar-refractivity contribution in [3.8, 4) is 0 Å². The van der Waals surface area contributed by atoms with Crippen molar-refractivity contribution in [2.24, 2.45) is 12.8 Å². The van der Waals surface area contributed by atoms with Crippen LogP contribution in [0.25, 0.3) is 6.08 Å². The van der Waals surface area contributed by atoms with Gasteiger partial charge in [-0.2, -0.15) is 5.10 Å². The Balaban J connectivity index is 0. The topological polar surface area (TPSA) is 43.8 Å². The highest BCUT2D eigenvalue weighted by atomic mass is 35.5. The Kier molecular flexibility index (Phi) is 8.01. The number of aromatic nitrogens is 2. The summed E-state index contributed by atoms with van der Waals surface area (Å²) in [6, 6.07) is 0. The largest absolute Gasteiger partial charge is 0.327 e. The molecule has 0 aliphatic rings. The van der Waals surface area contributed by atoms with Crippen LogP contribution < -0.4 is 5.73 Å². The van der Waals surface area contributed by atoms with E-state index in [1.165, 1.54) is 0 Å². The second-order valence-corrected chi connectivity index (χ2v) is 2.48. The maximum atomic E-state index is 5.32. The molecule has 1 aromatic rings. The summed E-state index contributed by atoms with van der Waals surface area (Å²) in [5.41, 5.74) is 7.50. The predicted octanol–water partition coefficient (Wildman–Crippen LogP) is 1.54. The van der Waals surface area contributed by atoms with Gasteiger partial charge in [0.15, 0.2) is 0 Å². The zero-order valence-electron chi connectivity index (χ0n) is 7.73. The normalized spacial score (nSPS) is 9.46. The predicted molar refractivity (Wildman–Crippen MR) is 60.5 cm³/mol. The average molecular weight is 224 g/mol. The molecule has 0 aliphatic carbocycles. The number of nitrogens with two attached hydrogens (primary N) is 1. The van der Waals surface area contributed by atoms with Crippen LogP contribution in [0.15, 0.2) is 12.3 Å². The van der Waals surface area contributed by atoms with Gasteiger partial charge in [-0.25, -0.2) is 0 Å². The van der Waals surface area contributed by atoms with E-state index in [0.717, 1.165) is 11.3 Å². The average Bonchev–Trinajstić information content (AvgIpc) is 2.26. The quantitative estimate of drug-likeness (QED) is 0.828. The second-order valence-electron chi connectivity index (χ2n) is 2.48. The summed E-state index contributed by atoms with van der Waals surface area (Å²) >= 11 is 0. The van der Waals surface area contributed by atoms with Gasteiger partial charge in [0.2, 0.25) is 0 Å². The SMILES string of the molecule is Cc1nn(C)cc1/C=C/CN.Cl.Cl. The molecule has 5 heteroatoms. The van der Waals surface area contributed by atoms with E-state index < -0.39 is 0 Å². The lowest BCUT2D eigenvalue weighted by Gasteiger charge is -1.84. The summed E-state index contributed by atoms with van der Waals surface area (Å²) in [5.74, 6) is 0. The standard InChI is InChI=1S/C8H13N3.2ClH/c1-7-8(4-3-5-9)6-11(2)10-7;;/h3-4,6H,5,9H2,1-2H3;2*1H/b4-3+;;. The highest BCUT2D eigenvalue weighted by Gasteiger charge is 1.96. The molecule has 76 valence electrons. The first-order chi connectivity index (χ1) is 5.24. The fourth-order valence-electron chi connectivity index (χ4n) is 0.977. The minimum absolute atomic E-state index is 0. The van der Waals surface area contributed by atoms with E-state index in [9.17, 15) is 0 Å². The number of aryl methyl sites for hydroxylation is 2. The number of nitrogens with zero attached hydrogens (tertiary/aromatic N) is 2. The zero-order valence-corrected chi connectivity index (χ0v) is 9.36. The minimum Gasteiger partial charge on any atom is -0.327 e. The van der Waals surface area contributed by atoms with Gasteiger partial charge in [-0.05, 0) is 6.92 Å². The van der Waals surface area contributed by atoms with Crippen molar-refractivity contribution < 1.29 is 0 Å². The Morgan fingerprint density at radius 2 is 2.15 bits per heavy atom. The van der Waals surface area contributed by atoms with E-state index in [2.05, 4.69) is 5.10 Å². The summed E-state index contributed by atoms with van der Waals surface area (Å²) in [5, 5.41) is 4.19. The fraction of sp³-hybridized carbons (Fsp3) is 0.375. The third-order valence-corrected chi connectivity index (χ3v) is 1.48. The summed E-state index contributed by atoms with van der Waals surface area (Å²) in [6.45, 7) is 2.56. The molecule has 3 nitrogen and oxygen atoms in total. The smallest absolute Gasteiger partial charge is 0.0665 e. The Hall–Kier alpha value is -0.510. The lowest BCUT2D eigenvalue weighted by Crippen LogP contribution is -1.91. The van der Waals surface area contributed by atoms with Gasteiger partial charge in [0.05, 0.1) is 5.69 Å². The number of hydrogen-bond acceptors (Lipinski definition) is 2. The molecule has 0 radical (unpaired) electrons. The molecule has 0 unspecified atom stereocenters. The third-order valence-electron chi connectivity index (χ3n) is 1.48. The van der Waals surface area contributed by atoms with E-state index in [-0.39, 0.29) is 24.8 Å².